The van der Waals surface area contributed by atoms with Crippen LogP contribution in [-0.4, -0.2) is 43.2 Å². The van der Waals surface area contributed by atoms with Crippen molar-refractivity contribution in [1.82, 2.24) is 5.32 Å². The molecule has 0 unspecified atom stereocenters. The Balaban J connectivity index is 2.20. The van der Waals surface area contributed by atoms with Crippen LogP contribution in [0.3, 0.4) is 0 Å². The Morgan fingerprint density at radius 2 is 1.72 bits per heavy atom. The first-order chi connectivity index (χ1) is 8.22. The second kappa shape index (κ2) is 6.35. The van der Waals surface area contributed by atoms with Gasteiger partial charge in [0.15, 0.2) is 9.84 Å². The van der Waals surface area contributed by atoms with Gasteiger partial charge in [0.05, 0.1) is 16.6 Å². The van der Waals surface area contributed by atoms with Gasteiger partial charge in [-0.05, 0) is 58.9 Å². The topological polar surface area (TPSA) is 66.4 Å². The van der Waals surface area contributed by atoms with E-state index in [-0.39, 0.29) is 11.9 Å². The molecule has 0 atom stereocenters. The van der Waals surface area contributed by atoms with Gasteiger partial charge in [0, 0.05) is 6.54 Å². The van der Waals surface area contributed by atoms with Gasteiger partial charge < -0.3 is 10.4 Å². The summed E-state index contributed by atoms with van der Waals surface area (Å²) in [6, 6.07) is 0. The Hall–Kier alpha value is -0.130. The summed E-state index contributed by atoms with van der Waals surface area (Å²) in [7, 11) is -3.01. The molecule has 1 rings (SSSR count). The third-order valence-corrected chi connectivity index (χ3v) is 6.34. The maximum absolute atomic E-state index is 11.9. The van der Waals surface area contributed by atoms with E-state index in [1.165, 1.54) is 0 Å². The molecule has 1 aliphatic carbocycles. The molecule has 0 aromatic carbocycles. The molecule has 0 heterocycles. The lowest BCUT2D eigenvalue weighted by molar-refractivity contribution is 0.108. The van der Waals surface area contributed by atoms with E-state index in [9.17, 15) is 13.5 Å². The third kappa shape index (κ3) is 4.86. The quantitative estimate of drug-likeness (QED) is 0.744. The molecule has 1 aliphatic rings. The Labute approximate surface area is 111 Å². The van der Waals surface area contributed by atoms with Gasteiger partial charge in [-0.25, -0.2) is 8.42 Å². The van der Waals surface area contributed by atoms with E-state index in [1.54, 1.807) is 20.8 Å². The predicted octanol–water partition coefficient (Wildman–Crippen LogP) is 1.34. The minimum atomic E-state index is -3.01. The summed E-state index contributed by atoms with van der Waals surface area (Å²) in [6.45, 7) is 6.62. The molecule has 0 bridgehead atoms. The van der Waals surface area contributed by atoms with Gasteiger partial charge in [0.1, 0.15) is 0 Å². The fourth-order valence-corrected chi connectivity index (χ4v) is 3.19. The van der Waals surface area contributed by atoms with E-state index in [0.29, 0.717) is 12.5 Å². The summed E-state index contributed by atoms with van der Waals surface area (Å²) in [4.78, 5) is 0. The third-order valence-electron chi connectivity index (χ3n) is 3.73. The highest BCUT2D eigenvalue weighted by atomic mass is 32.2. The monoisotopic (exact) mass is 277 g/mol. The molecule has 5 heteroatoms. The van der Waals surface area contributed by atoms with Crippen molar-refractivity contribution in [3.8, 4) is 0 Å². The van der Waals surface area contributed by atoms with Gasteiger partial charge >= 0.3 is 0 Å². The number of rotatable bonds is 5. The molecule has 0 aromatic heterocycles. The van der Waals surface area contributed by atoms with Crippen LogP contribution < -0.4 is 5.32 Å². The highest BCUT2D eigenvalue weighted by Gasteiger charge is 2.28. The Morgan fingerprint density at radius 1 is 1.17 bits per heavy atom. The summed E-state index contributed by atoms with van der Waals surface area (Å²) in [5.74, 6) is 0.789. The number of aliphatic hydroxyl groups is 1. The van der Waals surface area contributed by atoms with Crippen LogP contribution in [0.4, 0.5) is 0 Å². The number of aliphatic hydroxyl groups excluding tert-OH is 1. The van der Waals surface area contributed by atoms with E-state index in [2.05, 4.69) is 5.32 Å². The normalized spacial score (nSPS) is 26.2. The average Bonchev–Trinajstić information content (AvgIpc) is 2.25. The molecular weight excluding hydrogens is 250 g/mol. The van der Waals surface area contributed by atoms with E-state index >= 15 is 0 Å². The number of hydrogen-bond acceptors (Lipinski definition) is 4. The second-order valence-corrected chi connectivity index (χ2v) is 9.17. The minimum Gasteiger partial charge on any atom is -0.393 e. The number of nitrogens with one attached hydrogen (secondary N) is 1. The summed E-state index contributed by atoms with van der Waals surface area (Å²) in [5, 5.41) is 12.6. The summed E-state index contributed by atoms with van der Waals surface area (Å²) < 4.78 is 23.1. The molecule has 4 nitrogen and oxygen atoms in total. The van der Waals surface area contributed by atoms with Gasteiger partial charge in [-0.3, -0.25) is 0 Å². The van der Waals surface area contributed by atoms with Crippen LogP contribution in [0.15, 0.2) is 0 Å². The molecule has 108 valence electrons. The molecule has 0 spiro atoms. The van der Waals surface area contributed by atoms with Crippen LogP contribution in [0.1, 0.15) is 46.5 Å². The zero-order valence-corrected chi connectivity index (χ0v) is 12.6. The molecule has 1 fully saturated rings. The smallest absolute Gasteiger partial charge is 0.156 e. The predicted molar refractivity (Wildman–Crippen MR) is 74.4 cm³/mol. The molecule has 1 saturated carbocycles. The highest BCUT2D eigenvalue weighted by molar-refractivity contribution is 7.92. The van der Waals surface area contributed by atoms with Crippen molar-refractivity contribution in [3.63, 3.8) is 0 Å². The molecule has 2 N–H and O–H groups in total. The van der Waals surface area contributed by atoms with Crippen molar-refractivity contribution in [3.05, 3.63) is 0 Å². The lowest BCUT2D eigenvalue weighted by atomic mass is 9.87. The van der Waals surface area contributed by atoms with Crippen LogP contribution in [0.2, 0.25) is 0 Å². The summed E-state index contributed by atoms with van der Waals surface area (Å²) in [6.07, 6.45) is 3.72. The first-order valence-electron chi connectivity index (χ1n) is 6.83. The van der Waals surface area contributed by atoms with Crippen LogP contribution in [0.5, 0.6) is 0 Å². The van der Waals surface area contributed by atoms with Crippen LogP contribution in [-0.2, 0) is 9.84 Å². The molecule has 0 saturated heterocycles. The molecule has 0 aromatic rings. The van der Waals surface area contributed by atoms with Crippen LogP contribution >= 0.6 is 0 Å². The molecular formula is C13H27NO3S. The van der Waals surface area contributed by atoms with Crippen molar-refractivity contribution in [2.45, 2.75) is 57.3 Å². The molecule has 0 aliphatic heterocycles. The maximum Gasteiger partial charge on any atom is 0.156 e. The zero-order valence-electron chi connectivity index (χ0n) is 11.8. The average molecular weight is 277 g/mol. The Bertz CT molecular complexity index is 338. The van der Waals surface area contributed by atoms with Gasteiger partial charge in [-0.2, -0.15) is 0 Å². The molecule has 18 heavy (non-hydrogen) atoms. The molecule has 0 radical (unpaired) electrons. The van der Waals surface area contributed by atoms with Crippen molar-refractivity contribution >= 4 is 9.84 Å². The van der Waals surface area contributed by atoms with Crippen molar-refractivity contribution in [1.29, 1.82) is 0 Å². The van der Waals surface area contributed by atoms with Gasteiger partial charge in [0.25, 0.3) is 0 Å². The standard InChI is InChI=1S/C13H27NO3S/c1-13(2,3)18(16,17)9-8-14-10-11-4-6-12(15)7-5-11/h11-12,14-15H,4-10H2,1-3H3. The number of sulfone groups is 1. The lowest BCUT2D eigenvalue weighted by Gasteiger charge is -2.26. The Morgan fingerprint density at radius 3 is 2.22 bits per heavy atom. The lowest BCUT2D eigenvalue weighted by Crippen LogP contribution is -2.36. The fraction of sp³-hybridized carbons (Fsp3) is 1.00. The minimum absolute atomic E-state index is 0.123. The van der Waals surface area contributed by atoms with Crippen molar-refractivity contribution in [2.75, 3.05) is 18.8 Å². The van der Waals surface area contributed by atoms with Crippen molar-refractivity contribution in [2.24, 2.45) is 5.92 Å². The highest BCUT2D eigenvalue weighted by Crippen LogP contribution is 2.23. The van der Waals surface area contributed by atoms with Crippen LogP contribution in [0.25, 0.3) is 0 Å². The molecule has 0 amide bonds. The summed E-state index contributed by atoms with van der Waals surface area (Å²) >= 11 is 0. The zero-order chi connectivity index (χ0) is 13.8. The van der Waals surface area contributed by atoms with E-state index in [4.69, 9.17) is 0 Å². The van der Waals surface area contributed by atoms with Gasteiger partial charge in [0.2, 0.25) is 0 Å². The first kappa shape index (κ1) is 15.9. The largest absolute Gasteiger partial charge is 0.393 e. The number of hydrogen-bond donors (Lipinski definition) is 2. The Kier molecular flexibility index (Phi) is 5.62. The maximum atomic E-state index is 11.9. The van der Waals surface area contributed by atoms with Gasteiger partial charge in [-0.15, -0.1) is 0 Å². The summed E-state index contributed by atoms with van der Waals surface area (Å²) in [5.41, 5.74) is 0. The van der Waals surface area contributed by atoms with E-state index < -0.39 is 14.6 Å². The van der Waals surface area contributed by atoms with E-state index in [1.807, 2.05) is 0 Å². The fourth-order valence-electron chi connectivity index (χ4n) is 2.17. The van der Waals surface area contributed by atoms with Crippen LogP contribution in [0, 0.1) is 5.92 Å². The SMILES string of the molecule is CC(C)(C)S(=O)(=O)CCNCC1CCC(O)CC1. The van der Waals surface area contributed by atoms with Crippen molar-refractivity contribution < 1.29 is 13.5 Å². The van der Waals surface area contributed by atoms with Gasteiger partial charge in [-0.1, -0.05) is 0 Å². The second-order valence-electron chi connectivity index (χ2n) is 6.31. The van der Waals surface area contributed by atoms with E-state index in [0.717, 1.165) is 32.2 Å². The first-order valence-corrected chi connectivity index (χ1v) is 8.48.